The third-order valence-electron chi connectivity index (χ3n) is 2.28. The Labute approximate surface area is 108 Å². The van der Waals surface area contributed by atoms with Gasteiger partial charge in [-0.1, -0.05) is 16.9 Å². The van der Waals surface area contributed by atoms with Gasteiger partial charge in [0.05, 0.1) is 16.7 Å². The molecule has 0 aromatic carbocycles. The maximum Gasteiger partial charge on any atom is 0.174 e. The number of hydrogen-bond acceptors (Lipinski definition) is 6. The number of aromatic nitrogens is 2. The second-order valence-electron chi connectivity index (χ2n) is 3.56. The molecule has 0 radical (unpaired) electrons. The van der Waals surface area contributed by atoms with Crippen LogP contribution in [0, 0.1) is 13.8 Å². The molecule has 6 nitrogen and oxygen atoms in total. The lowest BCUT2D eigenvalue weighted by Gasteiger charge is -2.06. The maximum atomic E-state index is 8.74. The van der Waals surface area contributed by atoms with E-state index in [-0.39, 0.29) is 5.84 Å². The summed E-state index contributed by atoms with van der Waals surface area (Å²) in [5.41, 5.74) is 6.09. The first-order valence-corrected chi connectivity index (χ1v) is 5.97. The van der Waals surface area contributed by atoms with E-state index in [1.807, 2.05) is 13.0 Å². The van der Waals surface area contributed by atoms with Crippen LogP contribution in [0.2, 0.25) is 0 Å². The Morgan fingerprint density at radius 1 is 1.50 bits per heavy atom. The van der Waals surface area contributed by atoms with Gasteiger partial charge >= 0.3 is 0 Å². The molecule has 0 spiro atoms. The number of oxime groups is 1. The summed E-state index contributed by atoms with van der Waals surface area (Å²) in [5.74, 6) is 1.40. The number of nitrogens with two attached hydrogens (primary N) is 1. The molecule has 18 heavy (non-hydrogen) atoms. The Balaban J connectivity index is 2.43. The Morgan fingerprint density at radius 2 is 2.28 bits per heavy atom. The van der Waals surface area contributed by atoms with Gasteiger partial charge in [0.2, 0.25) is 0 Å². The Bertz CT molecular complexity index is 594. The van der Waals surface area contributed by atoms with E-state index in [1.165, 1.54) is 18.0 Å². The highest BCUT2D eigenvalue weighted by Crippen LogP contribution is 2.31. The number of nitrogens with zero attached hydrogens (tertiary/aromatic N) is 3. The van der Waals surface area contributed by atoms with Crippen LogP contribution in [-0.4, -0.2) is 21.0 Å². The standard InChI is InChI=1S/C11H12N4O2S/c1-6-9(3-4-17-6)18-11-8(10(12)15-16)5-13-7(2)14-11/h3-5,16H,1-2H3,(H2,12,15). The van der Waals surface area contributed by atoms with E-state index < -0.39 is 0 Å². The summed E-state index contributed by atoms with van der Waals surface area (Å²) in [6.07, 6.45) is 3.14. The zero-order chi connectivity index (χ0) is 13.1. The number of rotatable bonds is 3. The predicted molar refractivity (Wildman–Crippen MR) is 66.8 cm³/mol. The molecule has 94 valence electrons. The smallest absolute Gasteiger partial charge is 0.174 e. The summed E-state index contributed by atoms with van der Waals surface area (Å²) in [6, 6.07) is 1.84. The molecular weight excluding hydrogens is 252 g/mol. The summed E-state index contributed by atoms with van der Waals surface area (Å²) in [4.78, 5) is 9.27. The average Bonchev–Trinajstić information content (AvgIpc) is 2.74. The van der Waals surface area contributed by atoms with Gasteiger partial charge in [-0.2, -0.15) is 0 Å². The van der Waals surface area contributed by atoms with Gasteiger partial charge < -0.3 is 15.4 Å². The highest BCUT2D eigenvalue weighted by molar-refractivity contribution is 7.99. The van der Waals surface area contributed by atoms with Crippen molar-refractivity contribution >= 4 is 17.6 Å². The highest BCUT2D eigenvalue weighted by atomic mass is 32.2. The molecule has 0 aliphatic rings. The molecule has 0 bridgehead atoms. The maximum absolute atomic E-state index is 8.74. The lowest BCUT2D eigenvalue weighted by molar-refractivity contribution is 0.318. The second-order valence-corrected chi connectivity index (χ2v) is 4.60. The van der Waals surface area contributed by atoms with Gasteiger partial charge in [-0.3, -0.25) is 0 Å². The van der Waals surface area contributed by atoms with Crippen molar-refractivity contribution in [3.8, 4) is 0 Å². The van der Waals surface area contributed by atoms with Crippen LogP contribution in [0.1, 0.15) is 17.1 Å². The van der Waals surface area contributed by atoms with Gasteiger partial charge in [0.1, 0.15) is 16.6 Å². The molecule has 0 aliphatic carbocycles. The third-order valence-corrected chi connectivity index (χ3v) is 3.42. The summed E-state index contributed by atoms with van der Waals surface area (Å²) < 4.78 is 5.22. The Kier molecular flexibility index (Phi) is 3.52. The number of aryl methyl sites for hydroxylation is 2. The Hall–Kier alpha value is -2.02. The van der Waals surface area contributed by atoms with E-state index >= 15 is 0 Å². The molecule has 7 heteroatoms. The van der Waals surface area contributed by atoms with Gasteiger partial charge in [-0.05, 0) is 19.9 Å². The van der Waals surface area contributed by atoms with Crippen LogP contribution in [0.5, 0.6) is 0 Å². The molecule has 0 aliphatic heterocycles. The van der Waals surface area contributed by atoms with Crippen molar-refractivity contribution in [1.82, 2.24) is 9.97 Å². The number of amidine groups is 1. The van der Waals surface area contributed by atoms with Crippen LogP contribution < -0.4 is 5.73 Å². The molecule has 0 fully saturated rings. The summed E-state index contributed by atoms with van der Waals surface area (Å²) in [7, 11) is 0. The van der Waals surface area contributed by atoms with Crippen molar-refractivity contribution < 1.29 is 9.62 Å². The first-order valence-electron chi connectivity index (χ1n) is 5.15. The van der Waals surface area contributed by atoms with Gasteiger partial charge in [0, 0.05) is 6.20 Å². The van der Waals surface area contributed by atoms with E-state index in [1.54, 1.807) is 13.2 Å². The molecule has 2 aromatic rings. The monoisotopic (exact) mass is 264 g/mol. The van der Waals surface area contributed by atoms with Crippen molar-refractivity contribution in [1.29, 1.82) is 0 Å². The van der Waals surface area contributed by atoms with Crippen molar-refractivity contribution in [3.05, 3.63) is 35.7 Å². The van der Waals surface area contributed by atoms with Crippen LogP contribution in [0.25, 0.3) is 0 Å². The largest absolute Gasteiger partial charge is 0.468 e. The van der Waals surface area contributed by atoms with Crippen molar-refractivity contribution in [2.24, 2.45) is 10.9 Å². The minimum absolute atomic E-state index is 0.0151. The minimum Gasteiger partial charge on any atom is -0.468 e. The second kappa shape index (κ2) is 5.09. The van der Waals surface area contributed by atoms with Gasteiger partial charge in [0.15, 0.2) is 5.84 Å². The summed E-state index contributed by atoms with van der Waals surface area (Å²) in [6.45, 7) is 3.64. The molecule has 0 saturated carbocycles. The van der Waals surface area contributed by atoms with Crippen molar-refractivity contribution in [2.75, 3.05) is 0 Å². The van der Waals surface area contributed by atoms with E-state index in [0.29, 0.717) is 16.4 Å². The first kappa shape index (κ1) is 12.4. The average molecular weight is 264 g/mol. The lowest BCUT2D eigenvalue weighted by Crippen LogP contribution is -2.15. The van der Waals surface area contributed by atoms with Crippen LogP contribution >= 0.6 is 11.8 Å². The van der Waals surface area contributed by atoms with Crippen molar-refractivity contribution in [3.63, 3.8) is 0 Å². The summed E-state index contributed by atoms with van der Waals surface area (Å²) >= 11 is 1.39. The summed E-state index contributed by atoms with van der Waals surface area (Å²) in [5, 5.41) is 12.3. The SMILES string of the molecule is Cc1ncc(/C(N)=N/O)c(Sc2ccoc2C)n1. The van der Waals surface area contributed by atoms with Gasteiger partial charge in [-0.25, -0.2) is 9.97 Å². The third kappa shape index (κ3) is 2.45. The van der Waals surface area contributed by atoms with E-state index in [4.69, 9.17) is 15.4 Å². The highest BCUT2D eigenvalue weighted by Gasteiger charge is 2.13. The minimum atomic E-state index is -0.0151. The fourth-order valence-corrected chi connectivity index (χ4v) is 2.31. The molecule has 0 unspecified atom stereocenters. The quantitative estimate of drug-likeness (QED) is 0.289. The number of hydrogen-bond donors (Lipinski definition) is 2. The first-order chi connectivity index (χ1) is 8.61. The van der Waals surface area contributed by atoms with Gasteiger partial charge in [0.25, 0.3) is 0 Å². The molecular formula is C11H12N4O2S. The van der Waals surface area contributed by atoms with Crippen LogP contribution in [-0.2, 0) is 0 Å². The van der Waals surface area contributed by atoms with Crippen LogP contribution in [0.15, 0.2) is 38.0 Å². The fourth-order valence-electron chi connectivity index (χ4n) is 1.34. The molecule has 0 amide bonds. The van der Waals surface area contributed by atoms with E-state index in [0.717, 1.165) is 10.7 Å². The zero-order valence-corrected chi connectivity index (χ0v) is 10.7. The van der Waals surface area contributed by atoms with Crippen LogP contribution in [0.3, 0.4) is 0 Å². The number of furan rings is 1. The zero-order valence-electron chi connectivity index (χ0n) is 9.91. The predicted octanol–water partition coefficient (Wildman–Crippen LogP) is 1.93. The van der Waals surface area contributed by atoms with E-state index in [9.17, 15) is 0 Å². The molecule has 0 saturated heterocycles. The lowest BCUT2D eigenvalue weighted by atomic mass is 10.3. The molecule has 0 atom stereocenters. The van der Waals surface area contributed by atoms with Crippen LogP contribution in [0.4, 0.5) is 0 Å². The Morgan fingerprint density at radius 3 is 2.89 bits per heavy atom. The molecule has 2 rings (SSSR count). The molecule has 2 heterocycles. The molecule has 2 aromatic heterocycles. The normalized spacial score (nSPS) is 11.8. The topological polar surface area (TPSA) is 97.5 Å². The van der Waals surface area contributed by atoms with E-state index in [2.05, 4.69) is 15.1 Å². The van der Waals surface area contributed by atoms with Gasteiger partial charge in [-0.15, -0.1) is 0 Å². The fraction of sp³-hybridized carbons (Fsp3) is 0.182. The molecule has 3 N–H and O–H groups in total. The van der Waals surface area contributed by atoms with Crippen molar-refractivity contribution in [2.45, 2.75) is 23.8 Å².